The Bertz CT molecular complexity index is 568. The fourth-order valence-corrected chi connectivity index (χ4v) is 1.85. The largest absolute Gasteiger partial charge is 0.387 e. The lowest BCUT2D eigenvalue weighted by atomic mass is 10.1. The van der Waals surface area contributed by atoms with Crippen molar-refractivity contribution in [3.8, 4) is 0 Å². The maximum absolute atomic E-state index is 11.9. The number of nitrogens with one attached hydrogen (secondary N) is 1. The van der Waals surface area contributed by atoms with Crippen LogP contribution in [0.1, 0.15) is 23.3 Å². The van der Waals surface area contributed by atoms with Gasteiger partial charge in [-0.3, -0.25) is 9.48 Å². The maximum Gasteiger partial charge on any atom is 0.241 e. The first kappa shape index (κ1) is 14.2. The van der Waals surface area contributed by atoms with Gasteiger partial charge in [0.25, 0.3) is 0 Å². The van der Waals surface area contributed by atoms with E-state index in [1.54, 1.807) is 36.3 Å². The summed E-state index contributed by atoms with van der Waals surface area (Å²) in [7, 11) is 1.76. The first-order valence-corrected chi connectivity index (χ1v) is 6.33. The maximum atomic E-state index is 11.9. The molecule has 0 spiro atoms. The van der Waals surface area contributed by atoms with E-state index < -0.39 is 12.1 Å². The highest BCUT2D eigenvalue weighted by atomic mass is 16.3. The number of carbonyl (C=O) groups excluding carboxylic acids is 1. The van der Waals surface area contributed by atoms with Crippen molar-refractivity contribution in [3.05, 3.63) is 53.9 Å². The van der Waals surface area contributed by atoms with Crippen LogP contribution in [-0.4, -0.2) is 27.3 Å². The minimum absolute atomic E-state index is 0.122. The Morgan fingerprint density at radius 3 is 2.70 bits per heavy atom. The van der Waals surface area contributed by atoms with Crippen molar-refractivity contribution < 1.29 is 9.90 Å². The van der Waals surface area contributed by atoms with Crippen molar-refractivity contribution in [1.29, 1.82) is 0 Å². The average molecular weight is 274 g/mol. The van der Waals surface area contributed by atoms with E-state index in [9.17, 15) is 9.90 Å². The zero-order valence-corrected chi connectivity index (χ0v) is 11.2. The van der Waals surface area contributed by atoms with Crippen molar-refractivity contribution in [2.45, 2.75) is 12.1 Å². The van der Waals surface area contributed by atoms with Crippen LogP contribution in [0.3, 0.4) is 0 Å². The summed E-state index contributed by atoms with van der Waals surface area (Å²) in [6, 6.07) is 8.36. The first-order valence-electron chi connectivity index (χ1n) is 6.33. The third-order valence-corrected chi connectivity index (χ3v) is 3.02. The van der Waals surface area contributed by atoms with Crippen LogP contribution in [0.15, 0.2) is 42.7 Å². The lowest BCUT2D eigenvalue weighted by Crippen LogP contribution is -2.36. The van der Waals surface area contributed by atoms with Gasteiger partial charge in [0.15, 0.2) is 0 Å². The third kappa shape index (κ3) is 3.43. The molecule has 0 saturated heterocycles. The van der Waals surface area contributed by atoms with Crippen molar-refractivity contribution in [2.75, 3.05) is 6.54 Å². The highest BCUT2D eigenvalue weighted by Gasteiger charge is 2.18. The van der Waals surface area contributed by atoms with E-state index >= 15 is 0 Å². The summed E-state index contributed by atoms with van der Waals surface area (Å²) in [5.74, 6) is -0.340. The van der Waals surface area contributed by atoms with Crippen molar-refractivity contribution >= 4 is 5.91 Å². The molecule has 2 unspecified atom stereocenters. The molecule has 2 rings (SSSR count). The molecule has 1 aromatic heterocycles. The molecule has 4 N–H and O–H groups in total. The second kappa shape index (κ2) is 6.31. The molecule has 0 aliphatic heterocycles. The number of rotatable bonds is 5. The fraction of sp³-hybridized carbons (Fsp3) is 0.286. The number of aliphatic hydroxyl groups excluding tert-OH is 1. The molecule has 2 aromatic rings. The Kier molecular flexibility index (Phi) is 4.49. The van der Waals surface area contributed by atoms with Crippen molar-refractivity contribution in [3.63, 3.8) is 0 Å². The molecule has 106 valence electrons. The standard InChI is InChI=1S/C14H18N4O2/c1-18-9-11(7-17-18)13(15)14(20)16-8-12(19)10-5-3-2-4-6-10/h2-7,9,12-13,19H,8,15H2,1H3,(H,16,20). The summed E-state index contributed by atoms with van der Waals surface area (Å²) in [4.78, 5) is 11.9. The van der Waals surface area contributed by atoms with Crippen LogP contribution >= 0.6 is 0 Å². The molecular weight excluding hydrogens is 256 g/mol. The van der Waals surface area contributed by atoms with Gasteiger partial charge in [-0.1, -0.05) is 30.3 Å². The zero-order valence-electron chi connectivity index (χ0n) is 11.2. The predicted molar refractivity (Wildman–Crippen MR) is 74.5 cm³/mol. The number of nitrogens with zero attached hydrogens (tertiary/aromatic N) is 2. The molecule has 6 heteroatoms. The molecule has 6 nitrogen and oxygen atoms in total. The van der Waals surface area contributed by atoms with Gasteiger partial charge in [0.05, 0.1) is 12.3 Å². The zero-order chi connectivity index (χ0) is 14.5. The topological polar surface area (TPSA) is 93.2 Å². The molecule has 0 bridgehead atoms. The number of carbonyl (C=O) groups is 1. The number of aryl methyl sites for hydroxylation is 1. The fourth-order valence-electron chi connectivity index (χ4n) is 1.85. The minimum Gasteiger partial charge on any atom is -0.387 e. The molecule has 1 heterocycles. The van der Waals surface area contributed by atoms with Gasteiger partial charge in [-0.25, -0.2) is 0 Å². The van der Waals surface area contributed by atoms with Crippen LogP contribution in [-0.2, 0) is 11.8 Å². The molecule has 1 amide bonds. The summed E-state index contributed by atoms with van der Waals surface area (Å²) in [6.45, 7) is 0.122. The number of hydrogen-bond acceptors (Lipinski definition) is 4. The first-order chi connectivity index (χ1) is 9.58. The molecule has 0 aliphatic carbocycles. The van der Waals surface area contributed by atoms with Gasteiger partial charge in [-0.2, -0.15) is 5.10 Å². The number of amides is 1. The minimum atomic E-state index is -0.785. The number of nitrogens with two attached hydrogens (primary N) is 1. The van der Waals surface area contributed by atoms with Gasteiger partial charge in [-0.05, 0) is 5.56 Å². The van der Waals surface area contributed by atoms with Gasteiger partial charge in [0.1, 0.15) is 6.04 Å². The molecule has 20 heavy (non-hydrogen) atoms. The Hall–Kier alpha value is -2.18. The van der Waals surface area contributed by atoms with Crippen LogP contribution in [0.2, 0.25) is 0 Å². The number of aromatic nitrogens is 2. The number of hydrogen-bond donors (Lipinski definition) is 3. The van der Waals surface area contributed by atoms with Gasteiger partial charge >= 0.3 is 0 Å². The van der Waals surface area contributed by atoms with Crippen LogP contribution in [0.25, 0.3) is 0 Å². The van der Waals surface area contributed by atoms with Gasteiger partial charge < -0.3 is 16.2 Å². The van der Waals surface area contributed by atoms with Gasteiger partial charge in [-0.15, -0.1) is 0 Å². The molecule has 0 saturated carbocycles. The molecular formula is C14H18N4O2. The quantitative estimate of drug-likeness (QED) is 0.729. The van der Waals surface area contributed by atoms with E-state index in [2.05, 4.69) is 10.4 Å². The Balaban J connectivity index is 1.89. The Labute approximate surface area is 117 Å². The normalized spacial score (nSPS) is 13.8. The van der Waals surface area contributed by atoms with Crippen LogP contribution in [0, 0.1) is 0 Å². The van der Waals surface area contributed by atoms with E-state index in [-0.39, 0.29) is 12.5 Å². The van der Waals surface area contributed by atoms with E-state index in [0.717, 1.165) is 5.56 Å². The average Bonchev–Trinajstić information content (AvgIpc) is 2.91. The van der Waals surface area contributed by atoms with Gasteiger partial charge in [0.2, 0.25) is 5.91 Å². The molecule has 0 fully saturated rings. The Morgan fingerprint density at radius 2 is 2.10 bits per heavy atom. The number of aliphatic hydroxyl groups is 1. The smallest absolute Gasteiger partial charge is 0.241 e. The van der Waals surface area contributed by atoms with Crippen LogP contribution in [0.5, 0.6) is 0 Å². The second-order valence-electron chi connectivity index (χ2n) is 4.60. The van der Waals surface area contributed by atoms with Crippen LogP contribution in [0.4, 0.5) is 0 Å². The molecule has 0 radical (unpaired) electrons. The van der Waals surface area contributed by atoms with Crippen molar-refractivity contribution in [2.24, 2.45) is 12.8 Å². The summed E-state index contributed by atoms with van der Waals surface area (Å²) < 4.78 is 1.58. The van der Waals surface area contributed by atoms with Gasteiger partial charge in [0, 0.05) is 25.4 Å². The summed E-state index contributed by atoms with van der Waals surface area (Å²) in [5.41, 5.74) is 7.22. The third-order valence-electron chi connectivity index (χ3n) is 3.02. The van der Waals surface area contributed by atoms with E-state index in [0.29, 0.717) is 5.56 Å². The monoisotopic (exact) mass is 274 g/mol. The van der Waals surface area contributed by atoms with Crippen LogP contribution < -0.4 is 11.1 Å². The van der Waals surface area contributed by atoms with E-state index in [1.807, 2.05) is 18.2 Å². The summed E-state index contributed by atoms with van der Waals surface area (Å²) in [5, 5.41) is 16.6. The predicted octanol–water partition coefficient (Wildman–Crippen LogP) is 0.270. The molecule has 2 atom stereocenters. The number of benzene rings is 1. The lowest BCUT2D eigenvalue weighted by Gasteiger charge is -2.14. The Morgan fingerprint density at radius 1 is 1.40 bits per heavy atom. The molecule has 0 aliphatic rings. The molecule has 1 aromatic carbocycles. The SMILES string of the molecule is Cn1cc(C(N)C(=O)NCC(O)c2ccccc2)cn1. The summed E-state index contributed by atoms with van der Waals surface area (Å²) in [6.07, 6.45) is 2.50. The highest BCUT2D eigenvalue weighted by molar-refractivity contribution is 5.82. The highest BCUT2D eigenvalue weighted by Crippen LogP contribution is 2.12. The second-order valence-corrected chi connectivity index (χ2v) is 4.60. The van der Waals surface area contributed by atoms with E-state index in [1.165, 1.54) is 0 Å². The van der Waals surface area contributed by atoms with E-state index in [4.69, 9.17) is 5.73 Å². The lowest BCUT2D eigenvalue weighted by molar-refractivity contribution is -0.122. The van der Waals surface area contributed by atoms with Crippen molar-refractivity contribution in [1.82, 2.24) is 15.1 Å². The summed E-state index contributed by atoms with van der Waals surface area (Å²) >= 11 is 0.